The van der Waals surface area contributed by atoms with Crippen LogP contribution in [-0.2, 0) is 10.0 Å². The summed E-state index contributed by atoms with van der Waals surface area (Å²) in [5.41, 5.74) is 1.91. The standard InChI is InChI=1S/C16H25N3O2S/c1-13(2)12-22(20,21)18-16-6-10-19(11-7-16)14(3)15-4-8-17-9-5-15/h4-5,8-9,14,16,18H,1,6-7,10-12H2,2-3H3/t14-/m0/s1. The fourth-order valence-corrected chi connectivity index (χ4v) is 4.35. The molecule has 0 radical (unpaired) electrons. The first-order valence-electron chi connectivity index (χ1n) is 7.66. The van der Waals surface area contributed by atoms with E-state index in [0.29, 0.717) is 11.6 Å². The lowest BCUT2D eigenvalue weighted by Gasteiger charge is -2.36. The summed E-state index contributed by atoms with van der Waals surface area (Å²) in [6.07, 6.45) is 5.30. The van der Waals surface area contributed by atoms with Crippen LogP contribution in [-0.4, -0.2) is 43.2 Å². The molecule has 122 valence electrons. The molecule has 0 amide bonds. The van der Waals surface area contributed by atoms with E-state index in [2.05, 4.69) is 28.1 Å². The summed E-state index contributed by atoms with van der Waals surface area (Å²) >= 11 is 0. The first-order chi connectivity index (χ1) is 10.4. The molecule has 1 fully saturated rings. The number of hydrogen-bond donors (Lipinski definition) is 1. The van der Waals surface area contributed by atoms with Crippen LogP contribution in [0, 0.1) is 0 Å². The first kappa shape index (κ1) is 17.1. The third-order valence-corrected chi connectivity index (χ3v) is 5.61. The van der Waals surface area contributed by atoms with Crippen molar-refractivity contribution in [3.8, 4) is 0 Å². The Morgan fingerprint density at radius 3 is 2.55 bits per heavy atom. The molecule has 1 saturated heterocycles. The van der Waals surface area contributed by atoms with Gasteiger partial charge in [0.05, 0.1) is 5.75 Å². The minimum Gasteiger partial charge on any atom is -0.296 e. The van der Waals surface area contributed by atoms with Crippen LogP contribution >= 0.6 is 0 Å². The Kier molecular flexibility index (Phi) is 5.72. The number of hydrogen-bond acceptors (Lipinski definition) is 4. The molecule has 1 atom stereocenters. The molecule has 0 saturated carbocycles. The van der Waals surface area contributed by atoms with Crippen molar-refractivity contribution in [3.05, 3.63) is 42.2 Å². The predicted molar refractivity (Wildman–Crippen MR) is 89.0 cm³/mol. The van der Waals surface area contributed by atoms with Crippen LogP contribution in [0.2, 0.25) is 0 Å². The largest absolute Gasteiger partial charge is 0.296 e. The van der Waals surface area contributed by atoms with Crippen molar-refractivity contribution >= 4 is 10.0 Å². The van der Waals surface area contributed by atoms with Crippen LogP contribution < -0.4 is 4.72 Å². The Bertz CT molecular complexity index is 593. The highest BCUT2D eigenvalue weighted by Gasteiger charge is 2.26. The van der Waals surface area contributed by atoms with E-state index in [1.807, 2.05) is 24.5 Å². The average molecular weight is 323 g/mol. The minimum atomic E-state index is -3.25. The van der Waals surface area contributed by atoms with Gasteiger partial charge in [0.15, 0.2) is 0 Å². The third-order valence-electron chi connectivity index (χ3n) is 4.05. The zero-order chi connectivity index (χ0) is 16.2. The van der Waals surface area contributed by atoms with Gasteiger partial charge in [0.25, 0.3) is 0 Å². The SMILES string of the molecule is C=C(C)CS(=O)(=O)NC1CCN([C@@H](C)c2ccncc2)CC1. The number of aromatic nitrogens is 1. The highest BCUT2D eigenvalue weighted by molar-refractivity contribution is 7.89. The quantitative estimate of drug-likeness (QED) is 0.815. The molecule has 0 unspecified atom stereocenters. The summed E-state index contributed by atoms with van der Waals surface area (Å²) in [5, 5.41) is 0. The maximum atomic E-state index is 12.0. The molecule has 6 heteroatoms. The Morgan fingerprint density at radius 1 is 1.41 bits per heavy atom. The lowest BCUT2D eigenvalue weighted by Crippen LogP contribution is -2.45. The maximum absolute atomic E-state index is 12.0. The van der Waals surface area contributed by atoms with Gasteiger partial charge < -0.3 is 0 Å². The number of rotatable bonds is 6. The van der Waals surface area contributed by atoms with Gasteiger partial charge in [0.1, 0.15) is 0 Å². The van der Waals surface area contributed by atoms with E-state index in [9.17, 15) is 8.42 Å². The van der Waals surface area contributed by atoms with Crippen molar-refractivity contribution in [2.45, 2.75) is 38.8 Å². The number of nitrogens with one attached hydrogen (secondary N) is 1. The van der Waals surface area contributed by atoms with Gasteiger partial charge in [-0.1, -0.05) is 12.2 Å². The minimum absolute atomic E-state index is 0.0145. The summed E-state index contributed by atoms with van der Waals surface area (Å²) in [4.78, 5) is 6.43. The van der Waals surface area contributed by atoms with E-state index in [4.69, 9.17) is 0 Å². The summed E-state index contributed by atoms with van der Waals surface area (Å²) < 4.78 is 26.7. The monoisotopic (exact) mass is 323 g/mol. The Balaban J connectivity index is 1.87. The fourth-order valence-electron chi connectivity index (χ4n) is 2.88. The predicted octanol–water partition coefficient (Wildman–Crippen LogP) is 2.10. The Morgan fingerprint density at radius 2 is 2.00 bits per heavy atom. The smallest absolute Gasteiger partial charge is 0.215 e. The molecule has 22 heavy (non-hydrogen) atoms. The molecule has 0 bridgehead atoms. The molecule has 2 heterocycles. The highest BCUT2D eigenvalue weighted by Crippen LogP contribution is 2.23. The molecule has 2 rings (SSSR count). The Labute approximate surface area is 133 Å². The second kappa shape index (κ2) is 7.35. The van der Waals surface area contributed by atoms with Crippen molar-refractivity contribution in [1.29, 1.82) is 0 Å². The van der Waals surface area contributed by atoms with Gasteiger partial charge in [-0.05, 0) is 44.4 Å². The van der Waals surface area contributed by atoms with Crippen LogP contribution in [0.15, 0.2) is 36.7 Å². The van der Waals surface area contributed by atoms with Crippen molar-refractivity contribution in [2.24, 2.45) is 0 Å². The van der Waals surface area contributed by atoms with Crippen molar-refractivity contribution in [3.63, 3.8) is 0 Å². The van der Waals surface area contributed by atoms with E-state index < -0.39 is 10.0 Å². The fraction of sp³-hybridized carbons (Fsp3) is 0.562. The third kappa shape index (κ3) is 4.90. The maximum Gasteiger partial charge on any atom is 0.215 e. The number of likely N-dealkylation sites (tertiary alicyclic amines) is 1. The van der Waals surface area contributed by atoms with E-state index in [0.717, 1.165) is 25.9 Å². The van der Waals surface area contributed by atoms with E-state index in [1.165, 1.54) is 5.56 Å². The number of piperidine rings is 1. The number of sulfonamides is 1. The molecule has 1 aromatic heterocycles. The highest BCUT2D eigenvalue weighted by atomic mass is 32.2. The van der Waals surface area contributed by atoms with Gasteiger partial charge in [-0.15, -0.1) is 0 Å². The van der Waals surface area contributed by atoms with Gasteiger partial charge in [0.2, 0.25) is 10.0 Å². The van der Waals surface area contributed by atoms with E-state index >= 15 is 0 Å². The lowest BCUT2D eigenvalue weighted by molar-refractivity contribution is 0.159. The van der Waals surface area contributed by atoms with Crippen LogP contribution in [0.3, 0.4) is 0 Å². The molecule has 1 aliphatic rings. The van der Waals surface area contributed by atoms with Crippen LogP contribution in [0.1, 0.15) is 38.3 Å². The summed E-state index contributed by atoms with van der Waals surface area (Å²) in [5.74, 6) is 0.0145. The van der Waals surface area contributed by atoms with Crippen molar-refractivity contribution < 1.29 is 8.42 Å². The van der Waals surface area contributed by atoms with E-state index in [-0.39, 0.29) is 11.8 Å². The first-order valence-corrected chi connectivity index (χ1v) is 9.31. The molecular formula is C16H25N3O2S. The zero-order valence-corrected chi connectivity index (χ0v) is 14.1. The number of nitrogens with zero attached hydrogens (tertiary/aromatic N) is 2. The van der Waals surface area contributed by atoms with E-state index in [1.54, 1.807) is 6.92 Å². The van der Waals surface area contributed by atoms with Crippen LogP contribution in [0.25, 0.3) is 0 Å². The van der Waals surface area contributed by atoms with Crippen molar-refractivity contribution in [2.75, 3.05) is 18.8 Å². The second-order valence-electron chi connectivity index (χ2n) is 6.10. The van der Waals surface area contributed by atoms with Crippen LogP contribution in [0.4, 0.5) is 0 Å². The molecule has 5 nitrogen and oxygen atoms in total. The normalized spacial score (nSPS) is 19.0. The topological polar surface area (TPSA) is 62.3 Å². The van der Waals surface area contributed by atoms with Crippen molar-refractivity contribution in [1.82, 2.24) is 14.6 Å². The second-order valence-corrected chi connectivity index (χ2v) is 7.85. The van der Waals surface area contributed by atoms with Gasteiger partial charge >= 0.3 is 0 Å². The number of pyridine rings is 1. The molecule has 0 spiro atoms. The average Bonchev–Trinajstić information content (AvgIpc) is 2.46. The summed E-state index contributed by atoms with van der Waals surface area (Å²) in [7, 11) is -3.25. The molecular weight excluding hydrogens is 298 g/mol. The van der Waals surface area contributed by atoms with Gasteiger partial charge in [-0.3, -0.25) is 9.88 Å². The lowest BCUT2D eigenvalue weighted by atomic mass is 10.0. The summed E-state index contributed by atoms with van der Waals surface area (Å²) in [6, 6.07) is 4.43. The summed E-state index contributed by atoms with van der Waals surface area (Å²) in [6.45, 7) is 9.37. The Hall–Kier alpha value is -1.24. The van der Waals surface area contributed by atoms with Crippen LogP contribution in [0.5, 0.6) is 0 Å². The molecule has 1 aromatic rings. The van der Waals surface area contributed by atoms with Gasteiger partial charge in [-0.2, -0.15) is 0 Å². The van der Waals surface area contributed by atoms with Gasteiger partial charge in [0, 0.05) is 37.6 Å². The molecule has 1 aliphatic heterocycles. The zero-order valence-electron chi connectivity index (χ0n) is 13.3. The van der Waals surface area contributed by atoms with Gasteiger partial charge in [-0.25, -0.2) is 13.1 Å². The molecule has 0 aliphatic carbocycles. The molecule has 0 aromatic carbocycles. The molecule has 1 N–H and O–H groups in total.